The van der Waals surface area contributed by atoms with E-state index in [0.29, 0.717) is 0 Å². The molecule has 0 aromatic heterocycles. The highest BCUT2D eigenvalue weighted by Crippen LogP contribution is 2.34. The predicted octanol–water partition coefficient (Wildman–Crippen LogP) is 1.56. The van der Waals surface area contributed by atoms with Crippen LogP contribution in [0.2, 0.25) is 0 Å². The van der Waals surface area contributed by atoms with Crippen molar-refractivity contribution in [2.45, 2.75) is 38.2 Å². The van der Waals surface area contributed by atoms with Crippen molar-refractivity contribution in [1.29, 1.82) is 0 Å². The zero-order valence-electron chi connectivity index (χ0n) is 7.65. The Morgan fingerprint density at radius 2 is 2.18 bits per heavy atom. The molecule has 0 aliphatic carbocycles. The van der Waals surface area contributed by atoms with Gasteiger partial charge in [-0.2, -0.15) is 0 Å². The average molecular weight is 157 g/mol. The highest BCUT2D eigenvalue weighted by atomic mass is 16.5. The number of hydrogen-bond donors (Lipinski definition) is 1. The molecule has 1 heterocycles. The van der Waals surface area contributed by atoms with E-state index in [1.165, 1.54) is 25.7 Å². The summed E-state index contributed by atoms with van der Waals surface area (Å²) in [6.45, 7) is 4.28. The number of nitrogens with one attached hydrogen (secondary N) is 1. The fourth-order valence-electron chi connectivity index (χ4n) is 1.72. The van der Waals surface area contributed by atoms with Crippen LogP contribution in [-0.2, 0) is 4.74 Å². The van der Waals surface area contributed by atoms with Gasteiger partial charge in [-0.05, 0) is 32.9 Å². The van der Waals surface area contributed by atoms with Gasteiger partial charge >= 0.3 is 0 Å². The standard InChI is InChI=1S/C9H19NO/c1-3-4-9(5-7-10-2)6-8-11-9/h10H,3-8H2,1-2H3. The minimum atomic E-state index is 0.262. The normalized spacial score (nSPS) is 30.0. The van der Waals surface area contributed by atoms with Crippen LogP contribution in [0.25, 0.3) is 0 Å². The van der Waals surface area contributed by atoms with Crippen molar-refractivity contribution in [2.75, 3.05) is 20.2 Å². The first-order chi connectivity index (χ1) is 5.33. The van der Waals surface area contributed by atoms with Gasteiger partial charge in [0, 0.05) is 0 Å². The summed E-state index contributed by atoms with van der Waals surface area (Å²) in [5.41, 5.74) is 0.262. The Morgan fingerprint density at radius 3 is 2.55 bits per heavy atom. The summed E-state index contributed by atoms with van der Waals surface area (Å²) in [6.07, 6.45) is 4.91. The smallest absolute Gasteiger partial charge is 0.0716 e. The molecular weight excluding hydrogens is 138 g/mol. The van der Waals surface area contributed by atoms with Crippen LogP contribution in [0.4, 0.5) is 0 Å². The molecule has 0 radical (unpaired) electrons. The Bertz CT molecular complexity index is 110. The topological polar surface area (TPSA) is 21.3 Å². The van der Waals surface area contributed by atoms with Gasteiger partial charge in [-0.25, -0.2) is 0 Å². The summed E-state index contributed by atoms with van der Waals surface area (Å²) in [4.78, 5) is 0. The first-order valence-electron chi connectivity index (χ1n) is 4.61. The molecule has 0 spiro atoms. The van der Waals surface area contributed by atoms with Gasteiger partial charge in [0.25, 0.3) is 0 Å². The molecule has 2 heteroatoms. The van der Waals surface area contributed by atoms with Crippen LogP contribution in [0.1, 0.15) is 32.6 Å². The van der Waals surface area contributed by atoms with Crippen LogP contribution < -0.4 is 5.32 Å². The molecule has 66 valence electrons. The van der Waals surface area contributed by atoms with Gasteiger partial charge in [0.05, 0.1) is 12.2 Å². The molecule has 1 saturated heterocycles. The summed E-state index contributed by atoms with van der Waals surface area (Å²) >= 11 is 0. The van der Waals surface area contributed by atoms with Crippen molar-refractivity contribution >= 4 is 0 Å². The quantitative estimate of drug-likeness (QED) is 0.654. The first kappa shape index (κ1) is 9.01. The Morgan fingerprint density at radius 1 is 1.45 bits per heavy atom. The Hall–Kier alpha value is -0.0800. The third kappa shape index (κ3) is 2.17. The van der Waals surface area contributed by atoms with Crippen LogP contribution in [0.3, 0.4) is 0 Å². The number of ether oxygens (including phenoxy) is 1. The lowest BCUT2D eigenvalue weighted by Crippen LogP contribution is -2.45. The lowest BCUT2D eigenvalue weighted by Gasteiger charge is -2.42. The average Bonchev–Trinajstić information content (AvgIpc) is 1.95. The van der Waals surface area contributed by atoms with Crippen molar-refractivity contribution in [3.63, 3.8) is 0 Å². The molecule has 1 rings (SSSR count). The molecule has 0 saturated carbocycles. The van der Waals surface area contributed by atoms with E-state index >= 15 is 0 Å². The van der Waals surface area contributed by atoms with Gasteiger partial charge in [-0.15, -0.1) is 0 Å². The molecule has 2 nitrogen and oxygen atoms in total. The molecule has 0 aromatic carbocycles. The van der Waals surface area contributed by atoms with Crippen LogP contribution >= 0.6 is 0 Å². The molecule has 0 amide bonds. The van der Waals surface area contributed by atoms with Crippen LogP contribution in [-0.4, -0.2) is 25.8 Å². The molecule has 1 N–H and O–H groups in total. The fraction of sp³-hybridized carbons (Fsp3) is 1.00. The molecule has 1 atom stereocenters. The zero-order chi connectivity index (χ0) is 8.16. The fourth-order valence-corrected chi connectivity index (χ4v) is 1.72. The van der Waals surface area contributed by atoms with E-state index in [-0.39, 0.29) is 5.60 Å². The lowest BCUT2D eigenvalue weighted by molar-refractivity contribution is -0.155. The minimum absolute atomic E-state index is 0.262. The molecule has 0 bridgehead atoms. The van der Waals surface area contributed by atoms with E-state index in [1.807, 2.05) is 7.05 Å². The molecule has 11 heavy (non-hydrogen) atoms. The van der Waals surface area contributed by atoms with Crippen molar-refractivity contribution in [3.8, 4) is 0 Å². The van der Waals surface area contributed by atoms with Gasteiger partial charge in [0.1, 0.15) is 0 Å². The molecule has 0 aromatic rings. The molecule has 1 unspecified atom stereocenters. The number of hydrogen-bond acceptors (Lipinski definition) is 2. The molecule has 1 fully saturated rings. The second-order valence-corrected chi connectivity index (χ2v) is 3.39. The van der Waals surface area contributed by atoms with E-state index < -0.39 is 0 Å². The van der Waals surface area contributed by atoms with Crippen molar-refractivity contribution in [2.24, 2.45) is 0 Å². The van der Waals surface area contributed by atoms with E-state index in [2.05, 4.69) is 12.2 Å². The van der Waals surface area contributed by atoms with Crippen molar-refractivity contribution in [1.82, 2.24) is 5.32 Å². The minimum Gasteiger partial charge on any atom is -0.375 e. The maximum Gasteiger partial charge on any atom is 0.0716 e. The second kappa shape index (κ2) is 4.07. The summed E-state index contributed by atoms with van der Waals surface area (Å²) in [5.74, 6) is 0. The molecule has 1 aliphatic heterocycles. The van der Waals surface area contributed by atoms with E-state index in [1.54, 1.807) is 0 Å². The predicted molar refractivity (Wildman–Crippen MR) is 46.8 cm³/mol. The highest BCUT2D eigenvalue weighted by molar-refractivity contribution is 4.87. The van der Waals surface area contributed by atoms with Gasteiger partial charge in [-0.3, -0.25) is 0 Å². The van der Waals surface area contributed by atoms with E-state index in [4.69, 9.17) is 4.74 Å². The summed E-state index contributed by atoms with van der Waals surface area (Å²) < 4.78 is 5.62. The van der Waals surface area contributed by atoms with Crippen LogP contribution in [0, 0.1) is 0 Å². The largest absolute Gasteiger partial charge is 0.375 e. The zero-order valence-corrected chi connectivity index (χ0v) is 7.65. The number of rotatable bonds is 5. The van der Waals surface area contributed by atoms with Crippen molar-refractivity contribution < 1.29 is 4.74 Å². The Balaban J connectivity index is 2.22. The van der Waals surface area contributed by atoms with E-state index in [9.17, 15) is 0 Å². The Kier molecular flexibility index (Phi) is 3.34. The van der Waals surface area contributed by atoms with Gasteiger partial charge in [-0.1, -0.05) is 13.3 Å². The van der Waals surface area contributed by atoms with Gasteiger partial charge in [0.2, 0.25) is 0 Å². The first-order valence-corrected chi connectivity index (χ1v) is 4.61. The summed E-state index contributed by atoms with van der Waals surface area (Å²) in [5, 5.41) is 3.17. The van der Waals surface area contributed by atoms with E-state index in [0.717, 1.165) is 13.2 Å². The molecular formula is C9H19NO. The maximum atomic E-state index is 5.62. The third-order valence-electron chi connectivity index (χ3n) is 2.50. The summed E-state index contributed by atoms with van der Waals surface area (Å²) in [7, 11) is 2.00. The van der Waals surface area contributed by atoms with Gasteiger partial charge in [0.15, 0.2) is 0 Å². The second-order valence-electron chi connectivity index (χ2n) is 3.39. The Labute approximate surface area is 69.3 Å². The van der Waals surface area contributed by atoms with Gasteiger partial charge < -0.3 is 10.1 Å². The van der Waals surface area contributed by atoms with Crippen LogP contribution in [0.5, 0.6) is 0 Å². The van der Waals surface area contributed by atoms with Crippen LogP contribution in [0.15, 0.2) is 0 Å². The highest BCUT2D eigenvalue weighted by Gasteiger charge is 2.36. The third-order valence-corrected chi connectivity index (χ3v) is 2.50. The monoisotopic (exact) mass is 157 g/mol. The summed E-state index contributed by atoms with van der Waals surface area (Å²) in [6, 6.07) is 0. The van der Waals surface area contributed by atoms with Crippen molar-refractivity contribution in [3.05, 3.63) is 0 Å². The SMILES string of the molecule is CCCC1(CCNC)CCO1. The maximum absolute atomic E-state index is 5.62. The lowest BCUT2D eigenvalue weighted by atomic mass is 9.86. The molecule has 1 aliphatic rings.